The molecule has 56 heavy (non-hydrogen) atoms. The Labute approximate surface area is 320 Å². The Bertz CT molecular complexity index is 3420. The lowest BCUT2D eigenvalue weighted by atomic mass is 10.1. The van der Waals surface area contributed by atoms with Crippen LogP contribution in [0.15, 0.2) is 192 Å². The van der Waals surface area contributed by atoms with Crippen molar-refractivity contribution in [2.75, 3.05) is 0 Å². The number of hydrogen-bond acceptors (Lipinski definition) is 3. The van der Waals surface area contributed by atoms with Gasteiger partial charge < -0.3 is 13.6 Å². The molecule has 0 saturated heterocycles. The molecule has 6 heteroatoms. The van der Waals surface area contributed by atoms with Crippen LogP contribution < -0.4 is 0 Å². The molecule has 6 nitrogen and oxygen atoms in total. The van der Waals surface area contributed by atoms with Crippen LogP contribution in [0.1, 0.15) is 0 Å². The normalized spacial score (nSPS) is 11.9. The van der Waals surface area contributed by atoms with Crippen LogP contribution in [0.2, 0.25) is 0 Å². The van der Waals surface area contributed by atoms with Crippen LogP contribution >= 0.6 is 0 Å². The Morgan fingerprint density at radius 3 is 1.54 bits per heavy atom. The molecule has 0 saturated carbocycles. The third-order valence-corrected chi connectivity index (χ3v) is 11.2. The molecule has 12 aromatic rings. The summed E-state index contributed by atoms with van der Waals surface area (Å²) in [6.07, 6.45) is 0. The molecule has 8 aromatic carbocycles. The van der Waals surface area contributed by atoms with Crippen molar-refractivity contribution in [1.82, 2.24) is 23.9 Å². The van der Waals surface area contributed by atoms with Crippen LogP contribution in [-0.4, -0.2) is 23.9 Å². The van der Waals surface area contributed by atoms with Crippen molar-refractivity contribution >= 4 is 65.6 Å². The van der Waals surface area contributed by atoms with Gasteiger partial charge in [0.15, 0.2) is 11.6 Å². The van der Waals surface area contributed by atoms with E-state index in [0.29, 0.717) is 0 Å². The molecule has 0 spiro atoms. The fourth-order valence-electron chi connectivity index (χ4n) is 8.81. The van der Waals surface area contributed by atoms with Crippen LogP contribution in [0.4, 0.5) is 0 Å². The average Bonchev–Trinajstić information content (AvgIpc) is 4.04. The number of para-hydroxylation sites is 4. The highest BCUT2D eigenvalue weighted by Crippen LogP contribution is 2.42. The van der Waals surface area contributed by atoms with Gasteiger partial charge in [0, 0.05) is 49.4 Å². The average molecular weight is 718 g/mol. The molecule has 4 aromatic heterocycles. The highest BCUT2D eigenvalue weighted by atomic mass is 16.3. The third-order valence-electron chi connectivity index (χ3n) is 11.2. The molecule has 4 heterocycles. The standard InChI is InChI=1S/C50H31N5O/c1-3-15-32(16-4-1)49-51-52-50(33-17-5-2-6-18-33)55(49)43-27-14-24-38-36-21-7-10-25-41(36)53(47(38)43)34-19-13-20-35(31-34)54-42-26-11-8-22-37(42)39-29-30-45-46(48(39)54)40-23-9-12-28-44(40)56-45/h1-31H. The largest absolute Gasteiger partial charge is 0.456 e. The quantitative estimate of drug-likeness (QED) is 0.178. The van der Waals surface area contributed by atoms with Crippen molar-refractivity contribution in [3.8, 4) is 39.8 Å². The molecule has 0 fully saturated rings. The van der Waals surface area contributed by atoms with Gasteiger partial charge in [-0.15, -0.1) is 10.2 Å². The Balaban J connectivity index is 1.17. The van der Waals surface area contributed by atoms with Gasteiger partial charge >= 0.3 is 0 Å². The number of aromatic nitrogens is 5. The molecule has 0 amide bonds. The molecule has 0 aliphatic rings. The maximum Gasteiger partial charge on any atom is 0.168 e. The van der Waals surface area contributed by atoms with E-state index in [-0.39, 0.29) is 0 Å². The third kappa shape index (κ3) is 4.38. The number of fused-ring (bicyclic) bond motifs is 10. The first-order chi connectivity index (χ1) is 27.8. The van der Waals surface area contributed by atoms with E-state index in [2.05, 4.69) is 159 Å². The van der Waals surface area contributed by atoms with E-state index in [1.807, 2.05) is 42.5 Å². The zero-order chi connectivity index (χ0) is 36.7. The topological polar surface area (TPSA) is 53.7 Å². The van der Waals surface area contributed by atoms with Crippen molar-refractivity contribution in [2.24, 2.45) is 0 Å². The molecular weight excluding hydrogens is 687 g/mol. The fourth-order valence-corrected chi connectivity index (χ4v) is 8.81. The molecular formula is C50H31N5O. The van der Waals surface area contributed by atoms with Gasteiger partial charge in [0.1, 0.15) is 11.2 Å². The first-order valence-electron chi connectivity index (χ1n) is 18.8. The van der Waals surface area contributed by atoms with Crippen molar-refractivity contribution < 1.29 is 4.42 Å². The molecule has 0 bridgehead atoms. The summed E-state index contributed by atoms with van der Waals surface area (Å²) in [5.41, 5.74) is 11.3. The maximum atomic E-state index is 6.43. The lowest BCUT2D eigenvalue weighted by Crippen LogP contribution is -2.05. The lowest BCUT2D eigenvalue weighted by Gasteiger charge is -2.17. The molecule has 0 N–H and O–H groups in total. The van der Waals surface area contributed by atoms with Crippen molar-refractivity contribution in [3.05, 3.63) is 188 Å². The molecule has 0 atom stereocenters. The minimum absolute atomic E-state index is 0.782. The predicted molar refractivity (Wildman–Crippen MR) is 228 cm³/mol. The number of furan rings is 1. The second-order valence-corrected chi connectivity index (χ2v) is 14.2. The number of hydrogen-bond donors (Lipinski definition) is 0. The molecule has 0 radical (unpaired) electrons. The van der Waals surface area contributed by atoms with Gasteiger partial charge in [-0.2, -0.15) is 0 Å². The zero-order valence-corrected chi connectivity index (χ0v) is 30.0. The summed E-state index contributed by atoms with van der Waals surface area (Å²) in [6.45, 7) is 0. The predicted octanol–water partition coefficient (Wildman–Crippen LogP) is 12.7. The summed E-state index contributed by atoms with van der Waals surface area (Å²) in [6, 6.07) is 66.2. The smallest absolute Gasteiger partial charge is 0.168 e. The van der Waals surface area contributed by atoms with E-state index in [1.165, 1.54) is 16.2 Å². The molecule has 12 rings (SSSR count). The second kappa shape index (κ2) is 11.9. The highest BCUT2D eigenvalue weighted by molar-refractivity contribution is 6.24. The van der Waals surface area contributed by atoms with E-state index in [0.717, 1.165) is 89.2 Å². The molecule has 0 aliphatic heterocycles. The van der Waals surface area contributed by atoms with Crippen LogP contribution in [0.5, 0.6) is 0 Å². The van der Waals surface area contributed by atoms with Crippen molar-refractivity contribution in [1.29, 1.82) is 0 Å². The van der Waals surface area contributed by atoms with Gasteiger partial charge in [0.05, 0.1) is 33.1 Å². The highest BCUT2D eigenvalue weighted by Gasteiger charge is 2.24. The Morgan fingerprint density at radius 1 is 0.357 bits per heavy atom. The first-order valence-corrected chi connectivity index (χ1v) is 18.8. The summed E-state index contributed by atoms with van der Waals surface area (Å²) in [7, 11) is 0. The van der Waals surface area contributed by atoms with Crippen LogP contribution in [0.25, 0.3) is 105 Å². The maximum absolute atomic E-state index is 6.43. The first kappa shape index (κ1) is 30.7. The van der Waals surface area contributed by atoms with E-state index in [1.54, 1.807) is 0 Å². The van der Waals surface area contributed by atoms with Crippen LogP contribution in [0.3, 0.4) is 0 Å². The number of benzene rings is 8. The molecule has 262 valence electrons. The van der Waals surface area contributed by atoms with E-state index < -0.39 is 0 Å². The monoisotopic (exact) mass is 717 g/mol. The van der Waals surface area contributed by atoms with E-state index in [9.17, 15) is 0 Å². The van der Waals surface area contributed by atoms with Crippen molar-refractivity contribution in [3.63, 3.8) is 0 Å². The number of rotatable bonds is 5. The summed E-state index contributed by atoms with van der Waals surface area (Å²) in [4.78, 5) is 0. The minimum Gasteiger partial charge on any atom is -0.456 e. The number of nitrogens with zero attached hydrogens (tertiary/aromatic N) is 5. The van der Waals surface area contributed by atoms with Crippen LogP contribution in [-0.2, 0) is 0 Å². The summed E-state index contributed by atoms with van der Waals surface area (Å²) >= 11 is 0. The van der Waals surface area contributed by atoms with E-state index >= 15 is 0 Å². The van der Waals surface area contributed by atoms with E-state index in [4.69, 9.17) is 14.6 Å². The minimum atomic E-state index is 0.782. The van der Waals surface area contributed by atoms with Gasteiger partial charge in [-0.3, -0.25) is 4.57 Å². The SMILES string of the molecule is c1ccc(-c2nnc(-c3ccccc3)n2-c2cccc3c4ccccc4n(-c4cccc(-n5c6ccccc6c6ccc7oc8ccccc8c7c65)c4)c23)cc1. The summed E-state index contributed by atoms with van der Waals surface area (Å²) in [5.74, 6) is 1.56. The summed E-state index contributed by atoms with van der Waals surface area (Å²) < 4.78 is 13.5. The summed E-state index contributed by atoms with van der Waals surface area (Å²) in [5, 5.41) is 16.6. The van der Waals surface area contributed by atoms with Gasteiger partial charge in [0.2, 0.25) is 0 Å². The van der Waals surface area contributed by atoms with Gasteiger partial charge in [0.25, 0.3) is 0 Å². The Morgan fingerprint density at radius 2 is 0.875 bits per heavy atom. The second-order valence-electron chi connectivity index (χ2n) is 14.2. The van der Waals surface area contributed by atoms with Crippen LogP contribution in [0, 0.1) is 0 Å². The Kier molecular flexibility index (Phi) is 6.53. The zero-order valence-electron chi connectivity index (χ0n) is 30.0. The lowest BCUT2D eigenvalue weighted by molar-refractivity contribution is 0.669. The van der Waals surface area contributed by atoms with Gasteiger partial charge in [-0.05, 0) is 54.6 Å². The van der Waals surface area contributed by atoms with Gasteiger partial charge in [-0.1, -0.05) is 133 Å². The molecule has 0 aliphatic carbocycles. The van der Waals surface area contributed by atoms with Gasteiger partial charge in [-0.25, -0.2) is 0 Å². The fraction of sp³-hybridized carbons (Fsp3) is 0. The van der Waals surface area contributed by atoms with Crippen molar-refractivity contribution in [2.45, 2.75) is 0 Å². The Hall–Kier alpha value is -7.70. The molecule has 0 unspecified atom stereocenters.